The van der Waals surface area contributed by atoms with Gasteiger partial charge in [0.05, 0.1) is 17.8 Å². The summed E-state index contributed by atoms with van der Waals surface area (Å²) < 4.78 is 5.93. The number of carbonyl (C=O) groups excluding carboxylic acids is 2. The summed E-state index contributed by atoms with van der Waals surface area (Å²) in [5, 5.41) is 0. The summed E-state index contributed by atoms with van der Waals surface area (Å²) in [6.45, 7) is 5.34. The highest BCUT2D eigenvalue weighted by atomic mass is 16.5. The van der Waals surface area contributed by atoms with E-state index in [9.17, 15) is 9.59 Å². The van der Waals surface area contributed by atoms with Gasteiger partial charge in [-0.25, -0.2) is 0 Å². The quantitative estimate of drug-likeness (QED) is 0.564. The minimum absolute atomic E-state index is 0.00322. The highest BCUT2D eigenvalue weighted by molar-refractivity contribution is 6.35. The van der Waals surface area contributed by atoms with Crippen LogP contribution >= 0.6 is 0 Å². The van der Waals surface area contributed by atoms with Crippen LogP contribution < -0.4 is 0 Å². The average Bonchev–Trinajstić information content (AvgIpc) is 3.04. The fraction of sp³-hybridized carbons (Fsp3) is 0.643. The lowest BCUT2D eigenvalue weighted by Crippen LogP contribution is -2.48. The Morgan fingerprint density at radius 1 is 0.727 bits per heavy atom. The maximum atomic E-state index is 14.0. The van der Waals surface area contributed by atoms with Crippen LogP contribution in [0.5, 0.6) is 0 Å². The van der Waals surface area contributed by atoms with Gasteiger partial charge >= 0.3 is 0 Å². The number of morpholine rings is 1. The third-order valence-corrected chi connectivity index (χ3v) is 7.33. The Bertz CT molecular complexity index is 828. The largest absolute Gasteiger partial charge is 0.372 e. The molecule has 2 unspecified atom stereocenters. The van der Waals surface area contributed by atoms with Crippen molar-refractivity contribution in [3.05, 3.63) is 41.6 Å². The van der Waals surface area contributed by atoms with E-state index in [-0.39, 0.29) is 30.1 Å². The summed E-state index contributed by atoms with van der Waals surface area (Å²) in [4.78, 5) is 31.6. The van der Waals surface area contributed by atoms with Crippen LogP contribution in [-0.4, -0.2) is 53.0 Å². The number of benzene rings is 1. The Kier molecular flexibility index (Phi) is 8.24. The third-order valence-electron chi connectivity index (χ3n) is 7.33. The Morgan fingerprint density at radius 2 is 1.24 bits per heavy atom. The Balaban J connectivity index is 1.64. The molecule has 5 heteroatoms. The minimum Gasteiger partial charge on any atom is -0.372 e. The normalized spacial score (nSPS) is 27.0. The van der Waals surface area contributed by atoms with Gasteiger partial charge in [-0.15, -0.1) is 0 Å². The highest BCUT2D eigenvalue weighted by Gasteiger charge is 2.45. The summed E-state index contributed by atoms with van der Waals surface area (Å²) in [7, 11) is 0. The van der Waals surface area contributed by atoms with Crippen LogP contribution in [0.2, 0.25) is 0 Å². The predicted molar refractivity (Wildman–Crippen MR) is 131 cm³/mol. The second-order valence-electron chi connectivity index (χ2n) is 10.1. The molecule has 5 nitrogen and oxygen atoms in total. The fourth-order valence-corrected chi connectivity index (χ4v) is 5.79. The van der Waals surface area contributed by atoms with Crippen LogP contribution in [-0.2, 0) is 14.3 Å². The van der Waals surface area contributed by atoms with Gasteiger partial charge in [0, 0.05) is 19.1 Å². The van der Waals surface area contributed by atoms with Crippen LogP contribution in [0.25, 0.3) is 5.57 Å². The number of rotatable bonds is 3. The maximum absolute atomic E-state index is 14.0. The van der Waals surface area contributed by atoms with E-state index in [1.54, 1.807) is 4.90 Å². The number of nitrogens with zero attached hydrogens (tertiary/aromatic N) is 2. The van der Waals surface area contributed by atoms with Crippen molar-refractivity contribution in [1.29, 1.82) is 0 Å². The summed E-state index contributed by atoms with van der Waals surface area (Å²) in [6, 6.07) is 9.75. The molecular weight excluding hydrogens is 412 g/mol. The van der Waals surface area contributed by atoms with Crippen LogP contribution in [0.4, 0.5) is 0 Å². The lowest BCUT2D eigenvalue weighted by Gasteiger charge is -2.37. The molecule has 2 amide bonds. The van der Waals surface area contributed by atoms with Gasteiger partial charge in [0.15, 0.2) is 0 Å². The van der Waals surface area contributed by atoms with E-state index in [1.807, 2.05) is 44.2 Å². The van der Waals surface area contributed by atoms with Crippen molar-refractivity contribution in [2.75, 3.05) is 13.1 Å². The number of imide groups is 1. The zero-order valence-electron chi connectivity index (χ0n) is 20.4. The fourth-order valence-electron chi connectivity index (χ4n) is 5.79. The number of hydrogen-bond donors (Lipinski definition) is 0. The van der Waals surface area contributed by atoms with Crippen molar-refractivity contribution in [1.82, 2.24) is 9.80 Å². The monoisotopic (exact) mass is 452 g/mol. The lowest BCUT2D eigenvalue weighted by atomic mass is 9.96. The van der Waals surface area contributed by atoms with Crippen molar-refractivity contribution in [3.63, 3.8) is 0 Å². The summed E-state index contributed by atoms with van der Waals surface area (Å²) >= 11 is 0. The minimum atomic E-state index is -0.106. The molecule has 1 aliphatic carbocycles. The molecular formula is C28H40N2O3. The van der Waals surface area contributed by atoms with Gasteiger partial charge in [0.25, 0.3) is 11.8 Å². The van der Waals surface area contributed by atoms with E-state index in [0.717, 1.165) is 31.2 Å². The van der Waals surface area contributed by atoms with Crippen molar-refractivity contribution in [3.8, 4) is 0 Å². The molecule has 1 aromatic carbocycles. The molecule has 0 bridgehead atoms. The number of carbonyl (C=O) groups is 2. The first-order chi connectivity index (χ1) is 16.1. The summed E-state index contributed by atoms with van der Waals surface area (Å²) in [5.74, 6) is -0.206. The maximum Gasteiger partial charge on any atom is 0.278 e. The first-order valence-corrected chi connectivity index (χ1v) is 13.1. The molecule has 4 rings (SSSR count). The Labute approximate surface area is 199 Å². The van der Waals surface area contributed by atoms with Gasteiger partial charge in [0.2, 0.25) is 0 Å². The lowest BCUT2D eigenvalue weighted by molar-refractivity contribution is -0.141. The molecule has 2 fully saturated rings. The Morgan fingerprint density at radius 3 is 1.79 bits per heavy atom. The second kappa shape index (κ2) is 11.3. The van der Waals surface area contributed by atoms with Gasteiger partial charge in [0.1, 0.15) is 5.70 Å². The van der Waals surface area contributed by atoms with Crippen molar-refractivity contribution >= 4 is 17.4 Å². The molecule has 0 N–H and O–H groups in total. The van der Waals surface area contributed by atoms with Crippen molar-refractivity contribution in [2.45, 2.75) is 103 Å². The first-order valence-electron chi connectivity index (χ1n) is 13.1. The molecule has 1 saturated carbocycles. The molecule has 2 aliphatic heterocycles. The van der Waals surface area contributed by atoms with Crippen LogP contribution in [0.15, 0.2) is 36.0 Å². The summed E-state index contributed by atoms with van der Waals surface area (Å²) in [5.41, 5.74) is 2.00. The Hall–Kier alpha value is -2.14. The standard InChI is InChI=1S/C28H40N2O3/c1-21-19-29(20-22(2)33-21)26-25(23-15-11-10-12-16-23)27(31)30(28(26)32)24-17-13-8-6-4-3-5-7-9-14-18-24/h10-12,15-16,21-22,24H,3-9,13-14,17-20H2,1-2H3. The van der Waals surface area contributed by atoms with Crippen molar-refractivity contribution in [2.24, 2.45) is 0 Å². The van der Waals surface area contributed by atoms with E-state index in [1.165, 1.54) is 44.9 Å². The molecule has 2 heterocycles. The van der Waals surface area contributed by atoms with E-state index < -0.39 is 0 Å². The predicted octanol–water partition coefficient (Wildman–Crippen LogP) is 5.55. The van der Waals surface area contributed by atoms with Gasteiger partial charge in [-0.05, 0) is 32.3 Å². The van der Waals surface area contributed by atoms with E-state index in [2.05, 4.69) is 4.90 Å². The van der Waals surface area contributed by atoms with Crippen LogP contribution in [0.1, 0.15) is 90.0 Å². The highest BCUT2D eigenvalue weighted by Crippen LogP contribution is 2.36. The molecule has 1 saturated heterocycles. The number of ether oxygens (including phenoxy) is 1. The zero-order chi connectivity index (χ0) is 23.2. The van der Waals surface area contributed by atoms with E-state index in [4.69, 9.17) is 4.74 Å². The summed E-state index contributed by atoms with van der Waals surface area (Å²) in [6.07, 6.45) is 12.9. The van der Waals surface area contributed by atoms with E-state index in [0.29, 0.717) is 24.4 Å². The smallest absolute Gasteiger partial charge is 0.278 e. The van der Waals surface area contributed by atoms with Crippen molar-refractivity contribution < 1.29 is 14.3 Å². The molecule has 33 heavy (non-hydrogen) atoms. The van der Waals surface area contributed by atoms with Gasteiger partial charge < -0.3 is 9.64 Å². The molecule has 0 radical (unpaired) electrons. The molecule has 180 valence electrons. The molecule has 0 aromatic heterocycles. The third kappa shape index (κ3) is 5.68. The van der Waals surface area contributed by atoms with Gasteiger partial charge in [-0.1, -0.05) is 88.1 Å². The molecule has 2 atom stereocenters. The topological polar surface area (TPSA) is 49.9 Å². The van der Waals surface area contributed by atoms with Crippen LogP contribution in [0, 0.1) is 0 Å². The second-order valence-corrected chi connectivity index (χ2v) is 10.1. The van der Waals surface area contributed by atoms with Gasteiger partial charge in [-0.2, -0.15) is 0 Å². The molecule has 0 spiro atoms. The van der Waals surface area contributed by atoms with Gasteiger partial charge in [-0.3, -0.25) is 14.5 Å². The zero-order valence-corrected chi connectivity index (χ0v) is 20.4. The molecule has 3 aliphatic rings. The number of hydrogen-bond acceptors (Lipinski definition) is 4. The van der Waals surface area contributed by atoms with E-state index >= 15 is 0 Å². The average molecular weight is 453 g/mol. The SMILES string of the molecule is CC1CN(C2=C(c3ccccc3)C(=O)N(C3CCCCCCCCCCC3)C2=O)CC(C)O1. The number of amides is 2. The molecule has 1 aromatic rings. The van der Waals surface area contributed by atoms with Crippen LogP contribution in [0.3, 0.4) is 0 Å². The first kappa shape index (κ1) is 24.0.